The fraction of sp³-hybridized carbons (Fsp3) is 0.200. The van der Waals surface area contributed by atoms with Crippen LogP contribution in [0.25, 0.3) is 0 Å². The van der Waals surface area contributed by atoms with Crippen LogP contribution in [0.15, 0.2) is 89.4 Å². The maximum absolute atomic E-state index is 13.7. The Morgan fingerprint density at radius 1 is 1.03 bits per heavy atom. The molecule has 0 saturated heterocycles. The molecule has 198 valence electrons. The van der Waals surface area contributed by atoms with Gasteiger partial charge >= 0.3 is 12.0 Å². The summed E-state index contributed by atoms with van der Waals surface area (Å²) in [6, 6.07) is 26.0. The van der Waals surface area contributed by atoms with E-state index in [2.05, 4.69) is 31.2 Å². The number of carboxylic acid groups (broad SMARTS) is 1. The first-order valence-corrected chi connectivity index (χ1v) is 13.2. The molecular weight excluding hydrogens is 560 g/mol. The molecule has 0 radical (unpaired) electrons. The Kier molecular flexibility index (Phi) is 7.45. The lowest BCUT2D eigenvalue weighted by Gasteiger charge is -2.39. The minimum atomic E-state index is -1.51. The second-order valence-corrected chi connectivity index (χ2v) is 10.3. The Bertz CT molecular complexity index is 1510. The number of amides is 1. The second-order valence-electron chi connectivity index (χ2n) is 9.42. The molecule has 0 fully saturated rings. The van der Waals surface area contributed by atoms with Crippen molar-refractivity contribution in [2.24, 2.45) is 0 Å². The van der Waals surface area contributed by atoms with E-state index in [-0.39, 0.29) is 18.5 Å². The summed E-state index contributed by atoms with van der Waals surface area (Å²) >= 11 is 3.51. The molecule has 5 rings (SSSR count). The highest BCUT2D eigenvalue weighted by Gasteiger charge is 2.52. The number of carbonyl (C=O) groups excluding carboxylic acids is 1. The van der Waals surface area contributed by atoms with Crippen LogP contribution in [-0.2, 0) is 21.7 Å². The van der Waals surface area contributed by atoms with Gasteiger partial charge in [0, 0.05) is 27.1 Å². The molecule has 0 bridgehead atoms. The van der Waals surface area contributed by atoms with Gasteiger partial charge in [-0.3, -0.25) is 10.1 Å². The number of aliphatic carboxylic acids is 1. The van der Waals surface area contributed by atoms with Crippen molar-refractivity contribution in [1.82, 2.24) is 15.3 Å². The van der Waals surface area contributed by atoms with E-state index in [9.17, 15) is 14.7 Å². The molecule has 1 amide bonds. The summed E-state index contributed by atoms with van der Waals surface area (Å²) in [7, 11) is 0. The molecule has 1 aliphatic heterocycles. The van der Waals surface area contributed by atoms with Gasteiger partial charge < -0.3 is 14.7 Å². The van der Waals surface area contributed by atoms with E-state index in [1.54, 1.807) is 24.8 Å². The Hall–Kier alpha value is -4.08. The molecule has 1 aliphatic rings. The van der Waals surface area contributed by atoms with Crippen LogP contribution < -0.4 is 15.0 Å². The van der Waals surface area contributed by atoms with Gasteiger partial charge in [0.1, 0.15) is 5.54 Å². The van der Waals surface area contributed by atoms with Crippen molar-refractivity contribution >= 4 is 33.5 Å². The lowest BCUT2D eigenvalue weighted by atomic mass is 9.77. The SMILES string of the molecule is Cc1cc(C)nc(O[C@H](C(=O)O)[C@@]2(c3ccccc3)NCC(=O)N(Cc3cccc(Br)c3)c3ccccc32)n1. The fourth-order valence-electron chi connectivity index (χ4n) is 5.09. The number of nitrogens with zero attached hydrogens (tertiary/aromatic N) is 3. The molecule has 8 nitrogen and oxygen atoms in total. The predicted molar refractivity (Wildman–Crippen MR) is 151 cm³/mol. The number of halogens is 1. The molecule has 3 aromatic carbocycles. The molecule has 4 aromatic rings. The lowest BCUT2D eigenvalue weighted by Crippen LogP contribution is -2.58. The molecule has 2 N–H and O–H groups in total. The number of rotatable bonds is 7. The first-order chi connectivity index (χ1) is 18.8. The number of para-hydroxylation sites is 1. The second kappa shape index (κ2) is 11.0. The van der Waals surface area contributed by atoms with Crippen LogP contribution in [0.1, 0.15) is 28.1 Å². The number of benzene rings is 3. The molecule has 0 aliphatic carbocycles. The van der Waals surface area contributed by atoms with Gasteiger partial charge in [0.25, 0.3) is 0 Å². The molecule has 1 aromatic heterocycles. The van der Waals surface area contributed by atoms with E-state index in [4.69, 9.17) is 4.74 Å². The summed E-state index contributed by atoms with van der Waals surface area (Å²) in [6.45, 7) is 3.77. The van der Waals surface area contributed by atoms with Crippen molar-refractivity contribution in [2.75, 3.05) is 11.4 Å². The van der Waals surface area contributed by atoms with Gasteiger partial charge in [-0.05, 0) is 49.2 Å². The monoisotopic (exact) mass is 586 g/mol. The van der Waals surface area contributed by atoms with Gasteiger partial charge in [0.05, 0.1) is 13.1 Å². The normalized spacial score (nSPS) is 17.7. The summed E-state index contributed by atoms with van der Waals surface area (Å²) in [4.78, 5) is 37.1. The topological polar surface area (TPSA) is 105 Å². The summed E-state index contributed by atoms with van der Waals surface area (Å²) in [6.07, 6.45) is -1.51. The minimum absolute atomic E-state index is 0.0453. The molecule has 0 saturated carbocycles. The Morgan fingerprint density at radius 3 is 2.41 bits per heavy atom. The number of carbonyl (C=O) groups is 2. The number of carboxylic acids is 1. The van der Waals surface area contributed by atoms with E-state index >= 15 is 0 Å². The van der Waals surface area contributed by atoms with Gasteiger partial charge in [-0.1, -0.05) is 76.6 Å². The maximum Gasteiger partial charge on any atom is 0.347 e. The minimum Gasteiger partial charge on any atom is -0.478 e. The van der Waals surface area contributed by atoms with Crippen LogP contribution in [0.2, 0.25) is 0 Å². The zero-order chi connectivity index (χ0) is 27.6. The summed E-state index contributed by atoms with van der Waals surface area (Å²) in [5.74, 6) is -1.43. The van der Waals surface area contributed by atoms with Crippen molar-refractivity contribution in [3.8, 4) is 6.01 Å². The number of ether oxygens (including phenoxy) is 1. The highest BCUT2D eigenvalue weighted by Crippen LogP contribution is 2.42. The molecule has 0 spiro atoms. The summed E-state index contributed by atoms with van der Waals surface area (Å²) in [5, 5.41) is 14.0. The maximum atomic E-state index is 13.7. The quantitative estimate of drug-likeness (QED) is 0.321. The number of nitrogens with one attached hydrogen (secondary N) is 1. The van der Waals surface area contributed by atoms with E-state index in [1.165, 1.54) is 0 Å². The van der Waals surface area contributed by atoms with Crippen LogP contribution in [-0.4, -0.2) is 39.6 Å². The highest BCUT2D eigenvalue weighted by molar-refractivity contribution is 9.10. The van der Waals surface area contributed by atoms with E-state index < -0.39 is 17.6 Å². The Morgan fingerprint density at radius 2 is 1.72 bits per heavy atom. The first-order valence-electron chi connectivity index (χ1n) is 12.4. The fourth-order valence-corrected chi connectivity index (χ4v) is 5.54. The Labute approximate surface area is 234 Å². The molecule has 2 atom stereocenters. The van der Waals surface area contributed by atoms with Crippen LogP contribution in [0.5, 0.6) is 6.01 Å². The first kappa shape index (κ1) is 26.5. The molecule has 0 unspecified atom stereocenters. The van der Waals surface area contributed by atoms with Crippen molar-refractivity contribution < 1.29 is 19.4 Å². The average molecular weight is 587 g/mol. The third-order valence-electron chi connectivity index (χ3n) is 6.70. The van der Waals surface area contributed by atoms with Crippen molar-refractivity contribution in [3.63, 3.8) is 0 Å². The van der Waals surface area contributed by atoms with E-state index in [1.807, 2.05) is 78.9 Å². The van der Waals surface area contributed by atoms with E-state index in [0.717, 1.165) is 10.0 Å². The third-order valence-corrected chi connectivity index (χ3v) is 7.19. The standard InChI is InChI=1S/C30H27BrN4O4/c1-19-15-20(2)34-29(33-19)39-27(28(37)38)30(22-10-4-3-5-11-22)24-13-6-7-14-25(24)35(26(36)17-32-30)18-21-9-8-12-23(31)16-21/h3-16,27,32H,17-18H2,1-2H3,(H,37,38)/t27-,30+/m1/s1. The number of hydrogen-bond acceptors (Lipinski definition) is 6. The predicted octanol–water partition coefficient (Wildman–Crippen LogP) is 4.77. The summed E-state index contributed by atoms with van der Waals surface area (Å²) in [5.41, 5.74) is 2.59. The van der Waals surface area contributed by atoms with Crippen molar-refractivity contribution in [3.05, 3.63) is 117 Å². The smallest absolute Gasteiger partial charge is 0.347 e. The largest absolute Gasteiger partial charge is 0.478 e. The van der Waals surface area contributed by atoms with Gasteiger partial charge in [0.15, 0.2) is 0 Å². The van der Waals surface area contributed by atoms with Gasteiger partial charge in [-0.2, -0.15) is 0 Å². The number of anilines is 1. The van der Waals surface area contributed by atoms with Crippen LogP contribution in [0.4, 0.5) is 5.69 Å². The third kappa shape index (κ3) is 5.28. The molecule has 39 heavy (non-hydrogen) atoms. The number of aromatic nitrogens is 2. The van der Waals surface area contributed by atoms with E-state index in [0.29, 0.717) is 34.7 Å². The Balaban J connectivity index is 1.72. The summed E-state index contributed by atoms with van der Waals surface area (Å²) < 4.78 is 7.03. The number of hydrogen-bond donors (Lipinski definition) is 2. The van der Waals surface area contributed by atoms with Crippen molar-refractivity contribution in [2.45, 2.75) is 32.0 Å². The van der Waals surface area contributed by atoms with Crippen molar-refractivity contribution in [1.29, 1.82) is 0 Å². The zero-order valence-corrected chi connectivity index (χ0v) is 23.1. The highest BCUT2D eigenvalue weighted by atomic mass is 79.9. The van der Waals surface area contributed by atoms with Crippen LogP contribution >= 0.6 is 15.9 Å². The zero-order valence-electron chi connectivity index (χ0n) is 21.5. The van der Waals surface area contributed by atoms with Gasteiger partial charge in [0.2, 0.25) is 12.0 Å². The molecule has 9 heteroatoms. The molecular formula is C30H27BrN4O4. The van der Waals surface area contributed by atoms with Gasteiger partial charge in [-0.25, -0.2) is 14.8 Å². The van der Waals surface area contributed by atoms with Crippen LogP contribution in [0.3, 0.4) is 0 Å². The van der Waals surface area contributed by atoms with Gasteiger partial charge in [-0.15, -0.1) is 0 Å². The number of fused-ring (bicyclic) bond motifs is 1. The average Bonchev–Trinajstić information content (AvgIpc) is 3.03. The lowest BCUT2D eigenvalue weighted by molar-refractivity contribution is -0.149. The number of aryl methyl sites for hydroxylation is 2. The molecule has 2 heterocycles. The van der Waals surface area contributed by atoms with Crippen LogP contribution in [0, 0.1) is 13.8 Å².